The highest BCUT2D eigenvalue weighted by Gasteiger charge is 2.27. The molecule has 21 heavy (non-hydrogen) atoms. The predicted molar refractivity (Wildman–Crippen MR) is 70.7 cm³/mol. The number of hydrogen-bond acceptors (Lipinski definition) is 3. The smallest absolute Gasteiger partial charge is 0.411 e. The lowest BCUT2D eigenvalue weighted by molar-refractivity contribution is -0.175. The first-order valence-electron chi connectivity index (χ1n) is 6.57. The average molecular weight is 309 g/mol. The van der Waals surface area contributed by atoms with Crippen LogP contribution >= 0.6 is 0 Å². The summed E-state index contributed by atoms with van der Waals surface area (Å²) in [5, 5.41) is 3.12. The molecular weight excluding hydrogens is 290 g/mol. The van der Waals surface area contributed by atoms with E-state index in [1.54, 1.807) is 0 Å². The van der Waals surface area contributed by atoms with E-state index in [-0.39, 0.29) is 19.3 Å². The lowest BCUT2D eigenvalue weighted by Crippen LogP contribution is -2.23. The van der Waals surface area contributed by atoms with Crippen molar-refractivity contribution in [2.45, 2.75) is 32.6 Å². The maximum atomic E-state index is 13.2. The summed E-state index contributed by atoms with van der Waals surface area (Å²) in [5.41, 5.74) is 0.611. The third kappa shape index (κ3) is 7.87. The van der Waals surface area contributed by atoms with Crippen molar-refractivity contribution in [1.82, 2.24) is 5.32 Å². The van der Waals surface area contributed by atoms with Crippen molar-refractivity contribution in [2.75, 3.05) is 19.8 Å². The van der Waals surface area contributed by atoms with Crippen LogP contribution in [0.25, 0.3) is 0 Å². The third-order valence-corrected chi connectivity index (χ3v) is 2.47. The van der Waals surface area contributed by atoms with E-state index in [0.29, 0.717) is 17.9 Å². The summed E-state index contributed by atoms with van der Waals surface area (Å²) in [7, 11) is 0. The van der Waals surface area contributed by atoms with E-state index in [9.17, 15) is 17.6 Å². The Bertz CT molecular complexity index is 435. The molecule has 1 aromatic carbocycles. The number of benzene rings is 1. The van der Waals surface area contributed by atoms with E-state index < -0.39 is 18.6 Å². The molecular formula is C14H19F4NO2. The first-order chi connectivity index (χ1) is 9.78. The zero-order valence-corrected chi connectivity index (χ0v) is 12.0. The maximum absolute atomic E-state index is 13.2. The molecule has 0 fully saturated rings. The number of nitrogens with one attached hydrogen (secondary N) is 1. The molecule has 0 saturated heterocycles. The van der Waals surface area contributed by atoms with Gasteiger partial charge in [-0.15, -0.1) is 0 Å². The van der Waals surface area contributed by atoms with Crippen LogP contribution in [0.15, 0.2) is 18.2 Å². The molecule has 0 saturated carbocycles. The standard InChI is InChI=1S/C14H19F4NO2/c1-10(2)19-8-11-7-12(15)3-4-13(11)21-6-5-20-9-14(16,17)18/h3-4,7,10,19H,5-6,8-9H2,1-2H3. The van der Waals surface area contributed by atoms with Gasteiger partial charge in [-0.1, -0.05) is 13.8 Å². The van der Waals surface area contributed by atoms with Crippen molar-refractivity contribution >= 4 is 0 Å². The molecule has 1 N–H and O–H groups in total. The number of rotatable bonds is 8. The zero-order valence-electron chi connectivity index (χ0n) is 12.0. The van der Waals surface area contributed by atoms with Crippen LogP contribution in [-0.2, 0) is 11.3 Å². The number of halogens is 4. The SMILES string of the molecule is CC(C)NCc1cc(F)ccc1OCCOCC(F)(F)F. The lowest BCUT2D eigenvalue weighted by atomic mass is 10.2. The fourth-order valence-corrected chi connectivity index (χ4v) is 1.54. The van der Waals surface area contributed by atoms with E-state index >= 15 is 0 Å². The molecule has 7 heteroatoms. The Hall–Kier alpha value is -1.34. The van der Waals surface area contributed by atoms with Crippen LogP contribution < -0.4 is 10.1 Å². The molecule has 0 unspecified atom stereocenters. The van der Waals surface area contributed by atoms with Crippen LogP contribution in [0.3, 0.4) is 0 Å². The lowest BCUT2D eigenvalue weighted by Gasteiger charge is -2.14. The van der Waals surface area contributed by atoms with Gasteiger partial charge >= 0.3 is 6.18 Å². The molecule has 0 radical (unpaired) electrons. The molecule has 0 aliphatic heterocycles. The van der Waals surface area contributed by atoms with Crippen molar-refractivity contribution in [3.05, 3.63) is 29.6 Å². The molecule has 0 spiro atoms. The summed E-state index contributed by atoms with van der Waals surface area (Å²) >= 11 is 0. The Morgan fingerprint density at radius 1 is 1.19 bits per heavy atom. The van der Waals surface area contributed by atoms with Crippen LogP contribution in [0.4, 0.5) is 17.6 Å². The van der Waals surface area contributed by atoms with Gasteiger partial charge in [-0.2, -0.15) is 13.2 Å². The monoisotopic (exact) mass is 309 g/mol. The van der Waals surface area contributed by atoms with E-state index in [1.807, 2.05) is 13.8 Å². The van der Waals surface area contributed by atoms with Crippen LogP contribution in [-0.4, -0.2) is 32.0 Å². The zero-order chi connectivity index (χ0) is 15.9. The minimum atomic E-state index is -4.35. The van der Waals surface area contributed by atoms with Gasteiger partial charge in [-0.25, -0.2) is 4.39 Å². The van der Waals surface area contributed by atoms with E-state index in [2.05, 4.69) is 10.1 Å². The van der Waals surface area contributed by atoms with Crippen LogP contribution in [0.1, 0.15) is 19.4 Å². The number of hydrogen-bond donors (Lipinski definition) is 1. The summed E-state index contributed by atoms with van der Waals surface area (Å²) in [4.78, 5) is 0. The Morgan fingerprint density at radius 3 is 2.52 bits per heavy atom. The van der Waals surface area contributed by atoms with Gasteiger partial charge in [0.25, 0.3) is 0 Å². The Kier molecular flexibility index (Phi) is 6.91. The summed E-state index contributed by atoms with van der Waals surface area (Å²) in [6, 6.07) is 4.25. The van der Waals surface area contributed by atoms with E-state index in [4.69, 9.17) is 4.74 Å². The fraction of sp³-hybridized carbons (Fsp3) is 0.571. The van der Waals surface area contributed by atoms with Crippen molar-refractivity contribution in [3.63, 3.8) is 0 Å². The average Bonchev–Trinajstić information content (AvgIpc) is 2.36. The van der Waals surface area contributed by atoms with Crippen LogP contribution in [0, 0.1) is 5.82 Å². The molecule has 0 aliphatic rings. The third-order valence-electron chi connectivity index (χ3n) is 2.47. The quantitative estimate of drug-likeness (QED) is 0.590. The van der Waals surface area contributed by atoms with Gasteiger partial charge in [0.15, 0.2) is 0 Å². The molecule has 3 nitrogen and oxygen atoms in total. The largest absolute Gasteiger partial charge is 0.491 e. The summed E-state index contributed by atoms with van der Waals surface area (Å²) in [6.45, 7) is 2.79. The van der Waals surface area contributed by atoms with Gasteiger partial charge < -0.3 is 14.8 Å². The maximum Gasteiger partial charge on any atom is 0.411 e. The van der Waals surface area contributed by atoms with Gasteiger partial charge in [-0.05, 0) is 18.2 Å². The molecule has 0 heterocycles. The second-order valence-electron chi connectivity index (χ2n) is 4.80. The number of alkyl halides is 3. The molecule has 0 aliphatic carbocycles. The minimum absolute atomic E-state index is 0.0314. The van der Waals surface area contributed by atoms with Crippen LogP contribution in [0.2, 0.25) is 0 Å². The van der Waals surface area contributed by atoms with Gasteiger partial charge in [0.2, 0.25) is 0 Å². The van der Waals surface area contributed by atoms with Gasteiger partial charge in [0.1, 0.15) is 24.8 Å². The van der Waals surface area contributed by atoms with Crippen LogP contribution in [0.5, 0.6) is 5.75 Å². The Balaban J connectivity index is 2.46. The summed E-state index contributed by atoms with van der Waals surface area (Å²) in [6.07, 6.45) is -4.35. The van der Waals surface area contributed by atoms with Crippen molar-refractivity contribution in [2.24, 2.45) is 0 Å². The highest BCUT2D eigenvalue weighted by Crippen LogP contribution is 2.20. The first-order valence-corrected chi connectivity index (χ1v) is 6.57. The van der Waals surface area contributed by atoms with Crippen molar-refractivity contribution in [3.8, 4) is 5.75 Å². The second-order valence-corrected chi connectivity index (χ2v) is 4.80. The Morgan fingerprint density at radius 2 is 1.90 bits per heavy atom. The van der Waals surface area contributed by atoms with Crippen molar-refractivity contribution in [1.29, 1.82) is 0 Å². The fourth-order valence-electron chi connectivity index (χ4n) is 1.54. The second kappa shape index (κ2) is 8.19. The highest BCUT2D eigenvalue weighted by molar-refractivity contribution is 5.34. The summed E-state index contributed by atoms with van der Waals surface area (Å²) in [5.74, 6) is 0.0383. The minimum Gasteiger partial charge on any atom is -0.491 e. The molecule has 0 amide bonds. The van der Waals surface area contributed by atoms with Gasteiger partial charge in [0.05, 0.1) is 6.61 Å². The molecule has 1 aromatic rings. The molecule has 0 atom stereocenters. The Labute approximate surface area is 121 Å². The molecule has 0 bridgehead atoms. The number of ether oxygens (including phenoxy) is 2. The molecule has 1 rings (SSSR count). The van der Waals surface area contributed by atoms with E-state index in [0.717, 1.165) is 0 Å². The van der Waals surface area contributed by atoms with E-state index in [1.165, 1.54) is 18.2 Å². The first kappa shape index (κ1) is 17.7. The molecule has 120 valence electrons. The predicted octanol–water partition coefficient (Wildman–Crippen LogP) is 3.28. The highest BCUT2D eigenvalue weighted by atomic mass is 19.4. The van der Waals surface area contributed by atoms with Gasteiger partial charge in [-0.3, -0.25) is 0 Å². The topological polar surface area (TPSA) is 30.5 Å². The normalized spacial score (nSPS) is 12.0. The summed E-state index contributed by atoms with van der Waals surface area (Å²) < 4.78 is 58.6. The van der Waals surface area contributed by atoms with Gasteiger partial charge in [0, 0.05) is 18.2 Å². The van der Waals surface area contributed by atoms with Crippen molar-refractivity contribution < 1.29 is 27.0 Å². The molecule has 0 aromatic heterocycles.